The van der Waals surface area contributed by atoms with Gasteiger partial charge in [-0.25, -0.2) is 9.78 Å². The van der Waals surface area contributed by atoms with Gasteiger partial charge in [0, 0.05) is 18.3 Å². The van der Waals surface area contributed by atoms with Gasteiger partial charge in [0.1, 0.15) is 11.4 Å². The lowest BCUT2D eigenvalue weighted by atomic mass is 10.2. The van der Waals surface area contributed by atoms with E-state index in [-0.39, 0.29) is 5.95 Å². The van der Waals surface area contributed by atoms with Crippen molar-refractivity contribution in [2.24, 2.45) is 0 Å². The second-order valence-electron chi connectivity index (χ2n) is 4.82. The van der Waals surface area contributed by atoms with Crippen molar-refractivity contribution in [3.05, 3.63) is 11.8 Å². The normalized spacial score (nSPS) is 11.1. The highest BCUT2D eigenvalue weighted by Gasteiger charge is 2.15. The van der Waals surface area contributed by atoms with Crippen LogP contribution in [0.2, 0.25) is 0 Å². The fraction of sp³-hybridized carbons (Fsp3) is 0.545. The van der Waals surface area contributed by atoms with Crippen LogP contribution in [0.4, 0.5) is 16.6 Å². The van der Waals surface area contributed by atoms with Crippen molar-refractivity contribution in [3.63, 3.8) is 0 Å². The summed E-state index contributed by atoms with van der Waals surface area (Å²) in [4.78, 5) is 19.0. The van der Waals surface area contributed by atoms with Crippen molar-refractivity contribution in [1.82, 2.24) is 15.3 Å². The van der Waals surface area contributed by atoms with Crippen molar-refractivity contribution in [2.45, 2.75) is 32.8 Å². The Morgan fingerprint density at radius 2 is 2.11 bits per heavy atom. The van der Waals surface area contributed by atoms with Crippen molar-refractivity contribution in [1.29, 1.82) is 0 Å². The fourth-order valence-electron chi connectivity index (χ4n) is 1.24. The van der Waals surface area contributed by atoms with Crippen LogP contribution < -0.4 is 16.8 Å². The molecule has 0 atom stereocenters. The average Bonchev–Trinajstić information content (AvgIpc) is 2.18. The first-order chi connectivity index (χ1) is 8.28. The second kappa shape index (κ2) is 5.52. The number of carbonyl (C=O) groups excluding carboxylic acids is 1. The SMILES string of the molecule is CC(C)(C)OC(=O)NCCc1cnc(N)nc1N. The van der Waals surface area contributed by atoms with Crippen LogP contribution in [-0.4, -0.2) is 28.2 Å². The molecule has 1 aromatic heterocycles. The van der Waals surface area contributed by atoms with E-state index in [0.717, 1.165) is 5.56 Å². The maximum atomic E-state index is 11.4. The lowest BCUT2D eigenvalue weighted by Gasteiger charge is -2.19. The number of carbonyl (C=O) groups is 1. The van der Waals surface area contributed by atoms with Gasteiger partial charge in [-0.2, -0.15) is 4.98 Å². The predicted molar refractivity (Wildman–Crippen MR) is 68.8 cm³/mol. The summed E-state index contributed by atoms with van der Waals surface area (Å²) in [6, 6.07) is 0. The molecule has 7 heteroatoms. The molecule has 0 spiro atoms. The molecule has 0 bridgehead atoms. The number of hydrogen-bond acceptors (Lipinski definition) is 6. The van der Waals surface area contributed by atoms with E-state index in [4.69, 9.17) is 16.2 Å². The molecule has 0 aliphatic rings. The van der Waals surface area contributed by atoms with Crippen molar-refractivity contribution in [2.75, 3.05) is 18.0 Å². The van der Waals surface area contributed by atoms with E-state index in [2.05, 4.69) is 15.3 Å². The minimum Gasteiger partial charge on any atom is -0.444 e. The number of ether oxygens (including phenoxy) is 1. The molecule has 5 N–H and O–H groups in total. The zero-order valence-electron chi connectivity index (χ0n) is 10.9. The van der Waals surface area contributed by atoms with Crippen LogP contribution in [0, 0.1) is 0 Å². The fourth-order valence-corrected chi connectivity index (χ4v) is 1.24. The van der Waals surface area contributed by atoms with Gasteiger partial charge in [0.25, 0.3) is 0 Å². The molecule has 0 radical (unpaired) electrons. The standard InChI is InChI=1S/C11H19N5O2/c1-11(2,3)18-10(17)14-5-4-7-6-15-9(13)16-8(7)12/h6H,4-5H2,1-3H3,(H,14,17)(H4,12,13,15,16). The van der Waals surface area contributed by atoms with E-state index < -0.39 is 11.7 Å². The van der Waals surface area contributed by atoms with Gasteiger partial charge < -0.3 is 21.5 Å². The quantitative estimate of drug-likeness (QED) is 0.730. The molecule has 100 valence electrons. The molecule has 0 saturated carbocycles. The molecule has 1 heterocycles. The lowest BCUT2D eigenvalue weighted by molar-refractivity contribution is 0.0528. The number of alkyl carbamates (subject to hydrolysis) is 1. The summed E-state index contributed by atoms with van der Waals surface area (Å²) in [6.07, 6.45) is 1.61. The van der Waals surface area contributed by atoms with Crippen LogP contribution in [0.15, 0.2) is 6.20 Å². The van der Waals surface area contributed by atoms with Crippen molar-refractivity contribution >= 4 is 17.9 Å². The Kier molecular flexibility index (Phi) is 4.30. The van der Waals surface area contributed by atoms with E-state index in [1.165, 1.54) is 0 Å². The Bertz CT molecular complexity index is 428. The number of anilines is 2. The molecular formula is C11H19N5O2. The Hall–Kier alpha value is -2.05. The summed E-state index contributed by atoms with van der Waals surface area (Å²) in [5.41, 5.74) is 11.3. The molecule has 0 aromatic carbocycles. The number of aromatic nitrogens is 2. The zero-order valence-corrected chi connectivity index (χ0v) is 10.9. The van der Waals surface area contributed by atoms with Crippen LogP contribution in [-0.2, 0) is 11.2 Å². The van der Waals surface area contributed by atoms with Gasteiger partial charge >= 0.3 is 6.09 Å². The van der Waals surface area contributed by atoms with Gasteiger partial charge in [-0.05, 0) is 27.2 Å². The van der Waals surface area contributed by atoms with Gasteiger partial charge in [-0.15, -0.1) is 0 Å². The maximum absolute atomic E-state index is 11.4. The number of nitrogens with zero attached hydrogens (tertiary/aromatic N) is 2. The van der Waals surface area contributed by atoms with Crippen LogP contribution in [0.1, 0.15) is 26.3 Å². The number of rotatable bonds is 3. The Morgan fingerprint density at radius 1 is 1.44 bits per heavy atom. The summed E-state index contributed by atoms with van der Waals surface area (Å²) in [6.45, 7) is 5.81. The van der Waals surface area contributed by atoms with E-state index in [0.29, 0.717) is 18.8 Å². The predicted octanol–water partition coefficient (Wildman–Crippen LogP) is 0.708. The van der Waals surface area contributed by atoms with Gasteiger partial charge in [0.15, 0.2) is 0 Å². The molecule has 0 aliphatic heterocycles. The molecule has 1 amide bonds. The summed E-state index contributed by atoms with van der Waals surface area (Å²) < 4.78 is 5.09. The third kappa shape index (κ3) is 4.86. The first-order valence-corrected chi connectivity index (χ1v) is 5.61. The first kappa shape index (κ1) is 14.0. The minimum absolute atomic E-state index is 0.136. The monoisotopic (exact) mass is 253 g/mol. The van der Waals surface area contributed by atoms with Gasteiger partial charge in [-0.1, -0.05) is 0 Å². The molecule has 1 rings (SSSR count). The molecule has 0 fully saturated rings. The number of hydrogen-bond donors (Lipinski definition) is 3. The smallest absolute Gasteiger partial charge is 0.407 e. The zero-order chi connectivity index (χ0) is 13.8. The average molecular weight is 253 g/mol. The molecule has 0 unspecified atom stereocenters. The van der Waals surface area contributed by atoms with Crippen LogP contribution in [0.5, 0.6) is 0 Å². The Morgan fingerprint density at radius 3 is 2.67 bits per heavy atom. The molecular weight excluding hydrogens is 234 g/mol. The first-order valence-electron chi connectivity index (χ1n) is 5.61. The van der Waals surface area contributed by atoms with Gasteiger partial charge in [-0.3, -0.25) is 0 Å². The molecule has 1 aromatic rings. The summed E-state index contributed by atoms with van der Waals surface area (Å²) in [5, 5.41) is 2.63. The number of nitrogen functional groups attached to an aromatic ring is 2. The number of nitrogens with one attached hydrogen (secondary N) is 1. The Balaban J connectivity index is 2.40. The van der Waals surface area contributed by atoms with Crippen LogP contribution in [0.25, 0.3) is 0 Å². The van der Waals surface area contributed by atoms with Gasteiger partial charge in [0.2, 0.25) is 5.95 Å². The largest absolute Gasteiger partial charge is 0.444 e. The topological polar surface area (TPSA) is 116 Å². The van der Waals surface area contributed by atoms with Crippen LogP contribution >= 0.6 is 0 Å². The highest BCUT2D eigenvalue weighted by molar-refractivity contribution is 5.67. The minimum atomic E-state index is -0.507. The van der Waals surface area contributed by atoms with Crippen molar-refractivity contribution in [3.8, 4) is 0 Å². The van der Waals surface area contributed by atoms with Crippen LogP contribution in [0.3, 0.4) is 0 Å². The number of nitrogens with two attached hydrogens (primary N) is 2. The third-order valence-corrected chi connectivity index (χ3v) is 1.98. The highest BCUT2D eigenvalue weighted by Crippen LogP contribution is 2.09. The lowest BCUT2D eigenvalue weighted by Crippen LogP contribution is -2.33. The van der Waals surface area contributed by atoms with E-state index in [9.17, 15) is 4.79 Å². The third-order valence-electron chi connectivity index (χ3n) is 1.98. The number of amides is 1. The van der Waals surface area contributed by atoms with E-state index in [1.807, 2.05) is 0 Å². The van der Waals surface area contributed by atoms with Crippen molar-refractivity contribution < 1.29 is 9.53 Å². The maximum Gasteiger partial charge on any atom is 0.407 e. The van der Waals surface area contributed by atoms with Gasteiger partial charge in [0.05, 0.1) is 0 Å². The second-order valence-corrected chi connectivity index (χ2v) is 4.82. The molecule has 18 heavy (non-hydrogen) atoms. The Labute approximate surface area is 106 Å². The molecule has 0 saturated heterocycles. The van der Waals surface area contributed by atoms with E-state index in [1.54, 1.807) is 27.0 Å². The summed E-state index contributed by atoms with van der Waals surface area (Å²) >= 11 is 0. The molecule has 7 nitrogen and oxygen atoms in total. The van der Waals surface area contributed by atoms with E-state index >= 15 is 0 Å². The molecule has 0 aliphatic carbocycles. The summed E-state index contributed by atoms with van der Waals surface area (Å²) in [5.74, 6) is 0.463. The highest BCUT2D eigenvalue weighted by atomic mass is 16.6. The summed E-state index contributed by atoms with van der Waals surface area (Å²) in [7, 11) is 0.